The van der Waals surface area contributed by atoms with Crippen LogP contribution in [0.15, 0.2) is 60.7 Å². The molecule has 0 bridgehead atoms. The van der Waals surface area contributed by atoms with Gasteiger partial charge in [0.1, 0.15) is 4.83 Å². The van der Waals surface area contributed by atoms with E-state index < -0.39 is 11.6 Å². The largest absolute Gasteiger partial charge is 0.414 e. The van der Waals surface area contributed by atoms with Gasteiger partial charge in [-0.3, -0.25) is 14.8 Å². The van der Waals surface area contributed by atoms with Crippen LogP contribution in [0.1, 0.15) is 48.2 Å². The highest BCUT2D eigenvalue weighted by atomic mass is 32.1. The van der Waals surface area contributed by atoms with E-state index in [0.29, 0.717) is 26.7 Å². The molecule has 1 fully saturated rings. The first kappa shape index (κ1) is 24.0. The van der Waals surface area contributed by atoms with Crippen LogP contribution >= 0.6 is 11.3 Å². The van der Waals surface area contributed by atoms with E-state index in [-0.39, 0.29) is 5.91 Å². The van der Waals surface area contributed by atoms with E-state index >= 15 is 0 Å². The molecule has 4 aromatic rings. The summed E-state index contributed by atoms with van der Waals surface area (Å²) in [4.78, 5) is 28.5. The topological polar surface area (TPSA) is 99.3 Å². The SMILES string of the molecule is CC(C)(NC(=O)Oc1cc2c(NC(=O)c3ccc(CN4CCCC4)cc3)n[nH]c2s1)c1ccccc1. The van der Waals surface area contributed by atoms with Gasteiger partial charge >= 0.3 is 6.09 Å². The van der Waals surface area contributed by atoms with Crippen LogP contribution < -0.4 is 15.4 Å². The Morgan fingerprint density at radius 3 is 2.53 bits per heavy atom. The third-order valence-electron chi connectivity index (χ3n) is 6.39. The molecule has 186 valence electrons. The second-order valence-corrected chi connectivity index (χ2v) is 10.5. The molecule has 3 heterocycles. The lowest BCUT2D eigenvalue weighted by atomic mass is 9.95. The van der Waals surface area contributed by atoms with Crippen LogP contribution in [0.4, 0.5) is 10.6 Å². The molecule has 0 radical (unpaired) electrons. The van der Waals surface area contributed by atoms with E-state index in [1.165, 1.54) is 29.7 Å². The van der Waals surface area contributed by atoms with Crippen molar-refractivity contribution >= 4 is 39.4 Å². The molecular weight excluding hydrogens is 474 g/mol. The van der Waals surface area contributed by atoms with Crippen molar-refractivity contribution in [3.63, 3.8) is 0 Å². The summed E-state index contributed by atoms with van der Waals surface area (Å²) in [6.45, 7) is 7.01. The van der Waals surface area contributed by atoms with Gasteiger partial charge in [-0.05, 0) is 63.0 Å². The van der Waals surface area contributed by atoms with Gasteiger partial charge in [0.05, 0.1) is 10.9 Å². The number of carbonyl (C=O) groups excluding carboxylic acids is 2. The Morgan fingerprint density at radius 2 is 1.81 bits per heavy atom. The molecule has 5 rings (SSSR count). The van der Waals surface area contributed by atoms with Crippen molar-refractivity contribution < 1.29 is 14.3 Å². The minimum Gasteiger partial charge on any atom is -0.399 e. The van der Waals surface area contributed by atoms with Gasteiger partial charge in [0.15, 0.2) is 10.9 Å². The highest BCUT2D eigenvalue weighted by Crippen LogP contribution is 2.35. The third-order valence-corrected chi connectivity index (χ3v) is 7.31. The summed E-state index contributed by atoms with van der Waals surface area (Å²) in [5.74, 6) is 0.152. The minimum atomic E-state index is -0.596. The number of benzene rings is 2. The number of aromatic amines is 1. The molecule has 2 aromatic carbocycles. The third kappa shape index (κ3) is 5.42. The molecule has 0 aliphatic carbocycles. The van der Waals surface area contributed by atoms with Gasteiger partial charge in [0, 0.05) is 18.2 Å². The predicted molar refractivity (Wildman–Crippen MR) is 142 cm³/mol. The number of hydrogen-bond acceptors (Lipinski definition) is 6. The molecule has 1 aliphatic heterocycles. The van der Waals surface area contributed by atoms with E-state index in [2.05, 4.69) is 25.7 Å². The van der Waals surface area contributed by atoms with Crippen molar-refractivity contribution in [2.45, 2.75) is 38.8 Å². The average Bonchev–Trinajstić information content (AvgIpc) is 3.59. The van der Waals surface area contributed by atoms with Crippen LogP contribution in [-0.2, 0) is 12.1 Å². The second-order valence-electron chi connectivity index (χ2n) is 9.52. The van der Waals surface area contributed by atoms with E-state index in [1.807, 2.05) is 68.4 Å². The lowest BCUT2D eigenvalue weighted by Gasteiger charge is -2.26. The molecule has 3 N–H and O–H groups in total. The number of hydrogen-bond donors (Lipinski definition) is 3. The van der Waals surface area contributed by atoms with E-state index in [4.69, 9.17) is 4.74 Å². The molecular formula is C27H29N5O3S. The molecule has 0 unspecified atom stereocenters. The Labute approximate surface area is 213 Å². The normalized spacial score (nSPS) is 14.2. The Kier molecular flexibility index (Phi) is 6.75. The zero-order valence-corrected chi connectivity index (χ0v) is 21.2. The number of fused-ring (bicyclic) bond motifs is 1. The van der Waals surface area contributed by atoms with Crippen molar-refractivity contribution in [2.75, 3.05) is 18.4 Å². The number of thiophene rings is 1. The number of anilines is 1. The lowest BCUT2D eigenvalue weighted by Crippen LogP contribution is -2.42. The fraction of sp³-hybridized carbons (Fsp3) is 0.296. The van der Waals surface area contributed by atoms with Gasteiger partial charge < -0.3 is 15.4 Å². The van der Waals surface area contributed by atoms with Crippen molar-refractivity contribution in [3.8, 4) is 5.06 Å². The van der Waals surface area contributed by atoms with Crippen LogP contribution in [-0.4, -0.2) is 40.2 Å². The maximum Gasteiger partial charge on any atom is 0.414 e. The summed E-state index contributed by atoms with van der Waals surface area (Å²) in [5, 5.41) is 14.0. The van der Waals surface area contributed by atoms with E-state index in [1.54, 1.807) is 6.07 Å². The predicted octanol–water partition coefficient (Wildman–Crippen LogP) is 5.50. The number of aromatic nitrogens is 2. The summed E-state index contributed by atoms with van der Waals surface area (Å²) >= 11 is 1.25. The van der Waals surface area contributed by atoms with Gasteiger partial charge in [0.2, 0.25) is 0 Å². The Balaban J connectivity index is 1.21. The summed E-state index contributed by atoms with van der Waals surface area (Å²) in [6.07, 6.45) is 1.95. The van der Waals surface area contributed by atoms with Crippen LogP contribution in [0, 0.1) is 0 Å². The number of H-pyrrole nitrogens is 1. The first-order valence-electron chi connectivity index (χ1n) is 12.0. The Morgan fingerprint density at radius 1 is 1.08 bits per heavy atom. The maximum atomic E-state index is 12.8. The number of rotatable bonds is 7. The molecule has 2 aromatic heterocycles. The summed E-state index contributed by atoms with van der Waals surface area (Å²) in [5.41, 5.74) is 2.13. The monoisotopic (exact) mass is 503 g/mol. The quantitative estimate of drug-likeness (QED) is 0.309. The van der Waals surface area contributed by atoms with Gasteiger partial charge in [-0.15, -0.1) is 0 Å². The maximum absolute atomic E-state index is 12.8. The molecule has 8 nitrogen and oxygen atoms in total. The molecule has 2 amide bonds. The summed E-state index contributed by atoms with van der Waals surface area (Å²) in [6, 6.07) is 19.1. The second kappa shape index (κ2) is 10.1. The van der Waals surface area contributed by atoms with Crippen LogP contribution in [0.5, 0.6) is 5.06 Å². The van der Waals surface area contributed by atoms with Crippen molar-refractivity contribution in [2.24, 2.45) is 0 Å². The number of likely N-dealkylation sites (tertiary alicyclic amines) is 1. The molecule has 9 heteroatoms. The molecule has 1 saturated heterocycles. The van der Waals surface area contributed by atoms with Gasteiger partial charge in [0.25, 0.3) is 5.91 Å². The number of amides is 2. The zero-order chi connectivity index (χ0) is 25.1. The van der Waals surface area contributed by atoms with Crippen LogP contribution in [0.25, 0.3) is 10.2 Å². The van der Waals surface area contributed by atoms with E-state index in [0.717, 1.165) is 25.2 Å². The molecule has 0 atom stereocenters. The number of nitrogens with one attached hydrogen (secondary N) is 3. The lowest BCUT2D eigenvalue weighted by molar-refractivity contribution is 0.102. The molecule has 36 heavy (non-hydrogen) atoms. The van der Waals surface area contributed by atoms with Crippen molar-refractivity contribution in [3.05, 3.63) is 77.4 Å². The van der Waals surface area contributed by atoms with Crippen molar-refractivity contribution in [1.82, 2.24) is 20.4 Å². The molecule has 0 spiro atoms. The average molecular weight is 504 g/mol. The van der Waals surface area contributed by atoms with E-state index in [9.17, 15) is 9.59 Å². The van der Waals surface area contributed by atoms with Gasteiger partial charge in [-0.25, -0.2) is 4.79 Å². The summed E-state index contributed by atoms with van der Waals surface area (Å²) in [7, 11) is 0. The fourth-order valence-corrected chi connectivity index (χ4v) is 5.23. The van der Waals surface area contributed by atoms with Gasteiger partial charge in [-0.1, -0.05) is 53.8 Å². The highest BCUT2D eigenvalue weighted by molar-refractivity contribution is 7.20. The number of ether oxygens (including phenoxy) is 1. The van der Waals surface area contributed by atoms with Crippen molar-refractivity contribution in [1.29, 1.82) is 0 Å². The first-order chi connectivity index (χ1) is 17.4. The Bertz CT molecular complexity index is 1360. The number of nitrogens with zero attached hydrogens (tertiary/aromatic N) is 2. The highest BCUT2D eigenvalue weighted by Gasteiger charge is 2.24. The minimum absolute atomic E-state index is 0.243. The molecule has 0 saturated carbocycles. The standard InChI is InChI=1S/C27H29N5O3S/c1-27(2,20-8-4-3-5-9-20)29-26(34)35-22-16-21-23(30-31-25(21)36-22)28-24(33)19-12-10-18(11-13-19)17-32-14-6-7-15-32/h3-5,8-13,16H,6-7,14-15,17H2,1-2H3,(H,29,34)(H2,28,30,31,33). The van der Waals surface area contributed by atoms with Gasteiger partial charge in [-0.2, -0.15) is 5.10 Å². The molecule has 1 aliphatic rings. The Hall–Kier alpha value is -3.69. The first-order valence-corrected chi connectivity index (χ1v) is 12.9. The number of carbonyl (C=O) groups is 2. The smallest absolute Gasteiger partial charge is 0.399 e. The van der Waals surface area contributed by atoms with Crippen LogP contribution in [0.2, 0.25) is 0 Å². The summed E-state index contributed by atoms with van der Waals surface area (Å²) < 4.78 is 5.53. The van der Waals surface area contributed by atoms with Crippen LogP contribution in [0.3, 0.4) is 0 Å². The zero-order valence-electron chi connectivity index (χ0n) is 20.3. The fourth-order valence-electron chi connectivity index (χ4n) is 4.38.